The molecule has 1 aliphatic carbocycles. The van der Waals surface area contributed by atoms with Gasteiger partial charge >= 0.3 is 12.1 Å². The fraction of sp³-hybridized carbons (Fsp3) is 0.688. The SMILES string of the molecule is CC(C)(C)OC(=O)NCCCNC(=O)C1CC=CCC1C(=O)O. The van der Waals surface area contributed by atoms with Crippen LogP contribution in [0.2, 0.25) is 0 Å². The molecule has 0 aliphatic heterocycles. The Hall–Kier alpha value is -2.05. The second kappa shape index (κ2) is 8.55. The average molecular weight is 326 g/mol. The second-order valence-electron chi connectivity index (χ2n) is 6.57. The number of nitrogens with one attached hydrogen (secondary N) is 2. The molecule has 23 heavy (non-hydrogen) atoms. The maximum Gasteiger partial charge on any atom is 0.407 e. The predicted molar refractivity (Wildman–Crippen MR) is 84.9 cm³/mol. The van der Waals surface area contributed by atoms with Gasteiger partial charge in [-0.05, 0) is 40.0 Å². The van der Waals surface area contributed by atoms with E-state index in [0.29, 0.717) is 32.4 Å². The van der Waals surface area contributed by atoms with E-state index in [1.807, 2.05) is 6.08 Å². The lowest BCUT2D eigenvalue weighted by Gasteiger charge is -2.24. The molecule has 2 atom stereocenters. The maximum atomic E-state index is 12.1. The second-order valence-corrected chi connectivity index (χ2v) is 6.57. The number of carboxylic acid groups (broad SMARTS) is 1. The summed E-state index contributed by atoms with van der Waals surface area (Å²) in [4.78, 5) is 34.7. The number of hydrogen-bond acceptors (Lipinski definition) is 4. The highest BCUT2D eigenvalue weighted by molar-refractivity contribution is 5.85. The third-order valence-electron chi connectivity index (χ3n) is 3.41. The Labute approximate surface area is 136 Å². The topological polar surface area (TPSA) is 105 Å². The smallest absolute Gasteiger partial charge is 0.407 e. The molecule has 1 aliphatic rings. The molecule has 0 fully saturated rings. The van der Waals surface area contributed by atoms with Crippen LogP contribution in [0.15, 0.2) is 12.2 Å². The summed E-state index contributed by atoms with van der Waals surface area (Å²) in [6, 6.07) is 0. The van der Waals surface area contributed by atoms with Gasteiger partial charge < -0.3 is 20.5 Å². The minimum absolute atomic E-state index is 0.251. The molecule has 0 spiro atoms. The lowest BCUT2D eigenvalue weighted by molar-refractivity contribution is -0.147. The minimum Gasteiger partial charge on any atom is -0.481 e. The van der Waals surface area contributed by atoms with Gasteiger partial charge in [0.25, 0.3) is 0 Å². The van der Waals surface area contributed by atoms with Crippen molar-refractivity contribution in [2.75, 3.05) is 13.1 Å². The number of carboxylic acids is 1. The number of hydrogen-bond donors (Lipinski definition) is 3. The lowest BCUT2D eigenvalue weighted by atomic mass is 9.82. The number of allylic oxidation sites excluding steroid dienone is 2. The lowest BCUT2D eigenvalue weighted by Crippen LogP contribution is -2.40. The van der Waals surface area contributed by atoms with Gasteiger partial charge in [-0.3, -0.25) is 9.59 Å². The summed E-state index contributed by atoms with van der Waals surface area (Å²) in [7, 11) is 0. The summed E-state index contributed by atoms with van der Waals surface area (Å²) >= 11 is 0. The number of amides is 2. The zero-order valence-corrected chi connectivity index (χ0v) is 13.9. The Morgan fingerprint density at radius 3 is 2.22 bits per heavy atom. The van der Waals surface area contributed by atoms with E-state index in [1.54, 1.807) is 26.8 Å². The Kier molecular flexibility index (Phi) is 7.06. The van der Waals surface area contributed by atoms with Gasteiger partial charge in [0.1, 0.15) is 5.60 Å². The van der Waals surface area contributed by atoms with Crippen molar-refractivity contribution in [1.82, 2.24) is 10.6 Å². The number of ether oxygens (including phenoxy) is 1. The van der Waals surface area contributed by atoms with Crippen molar-refractivity contribution in [1.29, 1.82) is 0 Å². The normalized spacial score (nSPS) is 20.7. The van der Waals surface area contributed by atoms with E-state index in [-0.39, 0.29) is 5.91 Å². The molecule has 0 aromatic rings. The molecule has 2 unspecified atom stereocenters. The van der Waals surface area contributed by atoms with E-state index in [0.717, 1.165) is 0 Å². The van der Waals surface area contributed by atoms with Crippen LogP contribution in [0, 0.1) is 11.8 Å². The standard InChI is InChI=1S/C16H26N2O5/c1-16(2,3)23-15(22)18-10-6-9-17-13(19)11-7-4-5-8-12(11)14(20)21/h4-5,11-12H,6-10H2,1-3H3,(H,17,19)(H,18,22)(H,20,21). The van der Waals surface area contributed by atoms with E-state index < -0.39 is 29.5 Å². The van der Waals surface area contributed by atoms with Crippen molar-refractivity contribution >= 4 is 18.0 Å². The molecule has 0 heterocycles. The minimum atomic E-state index is -0.943. The molecule has 0 bridgehead atoms. The largest absolute Gasteiger partial charge is 0.481 e. The van der Waals surface area contributed by atoms with Gasteiger partial charge in [0.2, 0.25) is 5.91 Å². The summed E-state index contributed by atoms with van der Waals surface area (Å²) in [5.74, 6) is -2.39. The Bertz CT molecular complexity index is 468. The Morgan fingerprint density at radius 1 is 1.09 bits per heavy atom. The van der Waals surface area contributed by atoms with Gasteiger partial charge in [-0.15, -0.1) is 0 Å². The molecule has 0 aromatic carbocycles. The van der Waals surface area contributed by atoms with Crippen LogP contribution in [0.25, 0.3) is 0 Å². The summed E-state index contributed by atoms with van der Waals surface area (Å²) in [6.45, 7) is 6.10. The maximum absolute atomic E-state index is 12.1. The van der Waals surface area contributed by atoms with Crippen LogP contribution < -0.4 is 10.6 Å². The highest BCUT2D eigenvalue weighted by Crippen LogP contribution is 2.25. The van der Waals surface area contributed by atoms with E-state index >= 15 is 0 Å². The first-order valence-electron chi connectivity index (χ1n) is 7.83. The molecule has 1 rings (SSSR count). The Morgan fingerprint density at radius 2 is 1.65 bits per heavy atom. The van der Waals surface area contributed by atoms with Gasteiger partial charge in [0.05, 0.1) is 11.8 Å². The van der Waals surface area contributed by atoms with Crippen molar-refractivity contribution in [3.8, 4) is 0 Å². The predicted octanol–water partition coefficient (Wildman–Crippen LogP) is 1.68. The van der Waals surface area contributed by atoms with Crippen molar-refractivity contribution in [3.05, 3.63) is 12.2 Å². The third kappa shape index (κ3) is 7.17. The van der Waals surface area contributed by atoms with E-state index in [1.165, 1.54) is 0 Å². The highest BCUT2D eigenvalue weighted by atomic mass is 16.6. The molecule has 7 nitrogen and oxygen atoms in total. The van der Waals surface area contributed by atoms with Gasteiger partial charge in [0.15, 0.2) is 0 Å². The zero-order chi connectivity index (χ0) is 17.5. The first-order valence-corrected chi connectivity index (χ1v) is 7.83. The molecule has 3 N–H and O–H groups in total. The highest BCUT2D eigenvalue weighted by Gasteiger charge is 2.33. The van der Waals surface area contributed by atoms with E-state index in [4.69, 9.17) is 9.84 Å². The van der Waals surface area contributed by atoms with E-state index in [2.05, 4.69) is 10.6 Å². The van der Waals surface area contributed by atoms with E-state index in [9.17, 15) is 14.4 Å². The number of carbonyl (C=O) groups is 3. The zero-order valence-electron chi connectivity index (χ0n) is 13.9. The van der Waals surface area contributed by atoms with Crippen LogP contribution in [-0.4, -0.2) is 41.8 Å². The van der Waals surface area contributed by atoms with Crippen LogP contribution in [0.4, 0.5) is 4.79 Å². The molecule has 0 radical (unpaired) electrons. The van der Waals surface area contributed by atoms with Crippen LogP contribution in [0.1, 0.15) is 40.0 Å². The first kappa shape index (κ1) is 19.0. The summed E-state index contributed by atoms with van der Waals surface area (Å²) in [6.07, 6.45) is 4.52. The quantitative estimate of drug-likeness (QED) is 0.509. The molecular weight excluding hydrogens is 300 g/mol. The van der Waals surface area contributed by atoms with Crippen molar-refractivity contribution < 1.29 is 24.2 Å². The third-order valence-corrected chi connectivity index (χ3v) is 3.41. The summed E-state index contributed by atoms with van der Waals surface area (Å²) < 4.78 is 5.09. The van der Waals surface area contributed by atoms with Crippen molar-refractivity contribution in [3.63, 3.8) is 0 Å². The van der Waals surface area contributed by atoms with Gasteiger partial charge in [-0.1, -0.05) is 12.2 Å². The number of aliphatic carboxylic acids is 1. The van der Waals surface area contributed by atoms with Crippen LogP contribution in [0.5, 0.6) is 0 Å². The molecule has 0 saturated carbocycles. The van der Waals surface area contributed by atoms with Crippen molar-refractivity contribution in [2.45, 2.75) is 45.6 Å². The molecular formula is C16H26N2O5. The first-order chi connectivity index (χ1) is 10.7. The number of alkyl carbamates (subject to hydrolysis) is 1. The molecule has 2 amide bonds. The fourth-order valence-corrected chi connectivity index (χ4v) is 2.31. The molecule has 7 heteroatoms. The van der Waals surface area contributed by atoms with Crippen LogP contribution >= 0.6 is 0 Å². The summed E-state index contributed by atoms with van der Waals surface area (Å²) in [5, 5.41) is 14.5. The fourth-order valence-electron chi connectivity index (χ4n) is 2.31. The Balaban J connectivity index is 2.25. The van der Waals surface area contributed by atoms with Crippen LogP contribution in [0.3, 0.4) is 0 Å². The van der Waals surface area contributed by atoms with Gasteiger partial charge in [0, 0.05) is 13.1 Å². The molecule has 0 aromatic heterocycles. The number of carbonyl (C=O) groups excluding carboxylic acids is 2. The average Bonchev–Trinajstić information content (AvgIpc) is 2.44. The van der Waals surface area contributed by atoms with Gasteiger partial charge in [-0.25, -0.2) is 4.79 Å². The molecule has 130 valence electrons. The monoisotopic (exact) mass is 326 g/mol. The van der Waals surface area contributed by atoms with Gasteiger partial charge in [-0.2, -0.15) is 0 Å². The van der Waals surface area contributed by atoms with Crippen molar-refractivity contribution in [2.24, 2.45) is 11.8 Å². The molecule has 0 saturated heterocycles. The summed E-state index contributed by atoms with van der Waals surface area (Å²) in [5.41, 5.74) is -0.543. The number of rotatable bonds is 6. The van der Waals surface area contributed by atoms with Crippen LogP contribution in [-0.2, 0) is 14.3 Å².